The van der Waals surface area contributed by atoms with Crippen LogP contribution in [0, 0.1) is 11.3 Å². The maximum absolute atomic E-state index is 6.10. The second kappa shape index (κ2) is 4.06. The molecule has 0 bridgehead atoms. The Hall–Kier alpha value is -0.0800. The van der Waals surface area contributed by atoms with Crippen LogP contribution in [0.25, 0.3) is 0 Å². The summed E-state index contributed by atoms with van der Waals surface area (Å²) in [5.41, 5.74) is 0.702. The van der Waals surface area contributed by atoms with Crippen molar-refractivity contribution in [1.82, 2.24) is 5.32 Å². The molecular formula is C13H25NO. The number of ether oxygens (including phenoxy) is 1. The normalized spacial score (nSPS) is 31.0. The molecule has 2 fully saturated rings. The predicted molar refractivity (Wildman–Crippen MR) is 63.0 cm³/mol. The lowest BCUT2D eigenvalue weighted by Crippen LogP contribution is -2.41. The Kier molecular flexibility index (Phi) is 3.09. The van der Waals surface area contributed by atoms with Crippen molar-refractivity contribution in [3.05, 3.63) is 0 Å². The zero-order valence-electron chi connectivity index (χ0n) is 10.4. The monoisotopic (exact) mass is 211 g/mol. The third-order valence-corrected chi connectivity index (χ3v) is 3.70. The second-order valence-electron chi connectivity index (χ2n) is 6.58. The maximum Gasteiger partial charge on any atom is 0.0710 e. The molecule has 0 aromatic carbocycles. The SMILES string of the molecule is CC(C)(C)CC1COC2(CCNCC2)C1. The summed E-state index contributed by atoms with van der Waals surface area (Å²) in [5, 5.41) is 3.42. The van der Waals surface area contributed by atoms with E-state index in [1.807, 2.05) is 0 Å². The van der Waals surface area contributed by atoms with E-state index < -0.39 is 0 Å². The molecule has 2 aliphatic rings. The highest BCUT2D eigenvalue weighted by Gasteiger charge is 2.41. The minimum absolute atomic E-state index is 0.251. The molecule has 1 N–H and O–H groups in total. The van der Waals surface area contributed by atoms with E-state index in [4.69, 9.17) is 4.74 Å². The van der Waals surface area contributed by atoms with Gasteiger partial charge < -0.3 is 10.1 Å². The molecule has 2 heterocycles. The standard InChI is InChI=1S/C13H25NO/c1-12(2,3)8-11-9-13(15-10-11)4-6-14-7-5-13/h11,14H,4-10H2,1-3H3. The highest BCUT2D eigenvalue weighted by Crippen LogP contribution is 2.41. The summed E-state index contributed by atoms with van der Waals surface area (Å²) in [4.78, 5) is 0. The molecule has 1 atom stereocenters. The van der Waals surface area contributed by atoms with Gasteiger partial charge in [0.15, 0.2) is 0 Å². The molecule has 0 aliphatic carbocycles. The second-order valence-corrected chi connectivity index (χ2v) is 6.58. The first-order chi connectivity index (χ1) is 6.99. The van der Waals surface area contributed by atoms with E-state index in [1.165, 1.54) is 25.7 Å². The summed E-state index contributed by atoms with van der Waals surface area (Å²) in [6.07, 6.45) is 5.04. The van der Waals surface area contributed by atoms with Crippen molar-refractivity contribution < 1.29 is 4.74 Å². The molecule has 1 spiro atoms. The van der Waals surface area contributed by atoms with Gasteiger partial charge in [0.1, 0.15) is 0 Å². The van der Waals surface area contributed by atoms with Gasteiger partial charge >= 0.3 is 0 Å². The van der Waals surface area contributed by atoms with E-state index in [1.54, 1.807) is 0 Å². The van der Waals surface area contributed by atoms with Gasteiger partial charge in [-0.05, 0) is 50.1 Å². The molecule has 2 aliphatic heterocycles. The summed E-state index contributed by atoms with van der Waals surface area (Å²) in [6.45, 7) is 10.3. The molecule has 0 radical (unpaired) electrons. The van der Waals surface area contributed by atoms with Gasteiger partial charge in [0.25, 0.3) is 0 Å². The zero-order valence-corrected chi connectivity index (χ0v) is 10.4. The van der Waals surface area contributed by atoms with Crippen molar-refractivity contribution >= 4 is 0 Å². The van der Waals surface area contributed by atoms with Crippen molar-refractivity contribution in [1.29, 1.82) is 0 Å². The van der Waals surface area contributed by atoms with Crippen LogP contribution in [0.1, 0.15) is 46.5 Å². The van der Waals surface area contributed by atoms with E-state index in [0.717, 1.165) is 25.6 Å². The molecular weight excluding hydrogens is 186 g/mol. The average Bonchev–Trinajstić information content (AvgIpc) is 2.47. The Labute approximate surface area is 93.8 Å². The summed E-state index contributed by atoms with van der Waals surface area (Å²) in [5.74, 6) is 0.795. The summed E-state index contributed by atoms with van der Waals surface area (Å²) < 4.78 is 6.10. The first-order valence-corrected chi connectivity index (χ1v) is 6.34. The van der Waals surface area contributed by atoms with Gasteiger partial charge in [0.2, 0.25) is 0 Å². The number of rotatable bonds is 1. The van der Waals surface area contributed by atoms with Crippen LogP contribution in [0.5, 0.6) is 0 Å². The molecule has 88 valence electrons. The highest BCUT2D eigenvalue weighted by atomic mass is 16.5. The van der Waals surface area contributed by atoms with Gasteiger partial charge in [-0.1, -0.05) is 20.8 Å². The molecule has 0 aromatic heterocycles. The summed E-state index contributed by atoms with van der Waals surface area (Å²) in [6, 6.07) is 0. The van der Waals surface area contributed by atoms with Crippen LogP contribution in [0.3, 0.4) is 0 Å². The number of hydrogen-bond donors (Lipinski definition) is 1. The van der Waals surface area contributed by atoms with E-state index in [9.17, 15) is 0 Å². The number of hydrogen-bond acceptors (Lipinski definition) is 2. The van der Waals surface area contributed by atoms with E-state index in [0.29, 0.717) is 5.41 Å². The number of piperidine rings is 1. The lowest BCUT2D eigenvalue weighted by molar-refractivity contribution is -0.0199. The minimum atomic E-state index is 0.251. The van der Waals surface area contributed by atoms with Gasteiger partial charge in [0, 0.05) is 0 Å². The van der Waals surface area contributed by atoms with Crippen molar-refractivity contribution in [2.75, 3.05) is 19.7 Å². The fraction of sp³-hybridized carbons (Fsp3) is 1.00. The number of nitrogens with one attached hydrogen (secondary N) is 1. The largest absolute Gasteiger partial charge is 0.375 e. The van der Waals surface area contributed by atoms with Crippen molar-refractivity contribution in [3.8, 4) is 0 Å². The molecule has 1 unspecified atom stereocenters. The van der Waals surface area contributed by atoms with Gasteiger partial charge in [-0.3, -0.25) is 0 Å². The van der Waals surface area contributed by atoms with E-state index in [-0.39, 0.29) is 5.60 Å². The smallest absolute Gasteiger partial charge is 0.0710 e. The molecule has 0 amide bonds. The first-order valence-electron chi connectivity index (χ1n) is 6.34. The Morgan fingerprint density at radius 2 is 1.93 bits per heavy atom. The van der Waals surface area contributed by atoms with E-state index in [2.05, 4.69) is 26.1 Å². The third kappa shape index (κ3) is 2.94. The Bertz CT molecular complexity index is 213. The van der Waals surface area contributed by atoms with Crippen molar-refractivity contribution in [3.63, 3.8) is 0 Å². The fourth-order valence-corrected chi connectivity index (χ4v) is 3.17. The van der Waals surface area contributed by atoms with Crippen LogP contribution in [-0.2, 0) is 4.74 Å². The highest BCUT2D eigenvalue weighted by molar-refractivity contribution is 4.93. The topological polar surface area (TPSA) is 21.3 Å². The van der Waals surface area contributed by atoms with Crippen LogP contribution < -0.4 is 5.32 Å². The van der Waals surface area contributed by atoms with Crippen LogP contribution in [0.2, 0.25) is 0 Å². The molecule has 0 aromatic rings. The molecule has 2 rings (SSSR count). The lowest BCUT2D eigenvalue weighted by Gasteiger charge is -2.33. The van der Waals surface area contributed by atoms with Gasteiger partial charge in [-0.15, -0.1) is 0 Å². The van der Waals surface area contributed by atoms with Gasteiger partial charge in [0.05, 0.1) is 12.2 Å². The molecule has 2 saturated heterocycles. The summed E-state index contributed by atoms with van der Waals surface area (Å²) in [7, 11) is 0. The molecule has 2 nitrogen and oxygen atoms in total. The average molecular weight is 211 g/mol. The van der Waals surface area contributed by atoms with E-state index >= 15 is 0 Å². The van der Waals surface area contributed by atoms with Crippen LogP contribution >= 0.6 is 0 Å². The van der Waals surface area contributed by atoms with Gasteiger partial charge in [-0.2, -0.15) is 0 Å². The lowest BCUT2D eigenvalue weighted by atomic mass is 9.79. The van der Waals surface area contributed by atoms with Gasteiger partial charge in [-0.25, -0.2) is 0 Å². The molecule has 0 saturated carbocycles. The van der Waals surface area contributed by atoms with Crippen molar-refractivity contribution in [2.24, 2.45) is 11.3 Å². The predicted octanol–water partition coefficient (Wildman–Crippen LogP) is 2.58. The minimum Gasteiger partial charge on any atom is -0.375 e. The first kappa shape index (κ1) is 11.4. The van der Waals surface area contributed by atoms with Crippen LogP contribution in [0.15, 0.2) is 0 Å². The maximum atomic E-state index is 6.10. The quantitative estimate of drug-likeness (QED) is 0.720. The zero-order chi connectivity index (χ0) is 10.9. The van der Waals surface area contributed by atoms with Crippen LogP contribution in [-0.4, -0.2) is 25.3 Å². The third-order valence-electron chi connectivity index (χ3n) is 3.70. The Morgan fingerprint density at radius 1 is 1.27 bits per heavy atom. The van der Waals surface area contributed by atoms with Crippen LogP contribution in [0.4, 0.5) is 0 Å². The molecule has 15 heavy (non-hydrogen) atoms. The fourth-order valence-electron chi connectivity index (χ4n) is 3.17. The Balaban J connectivity index is 1.88. The Morgan fingerprint density at radius 3 is 2.53 bits per heavy atom. The van der Waals surface area contributed by atoms with Crippen molar-refractivity contribution in [2.45, 2.75) is 52.1 Å². The molecule has 2 heteroatoms. The summed E-state index contributed by atoms with van der Waals surface area (Å²) >= 11 is 0.